The number of aromatic nitrogens is 2. The van der Waals surface area contributed by atoms with Crippen molar-refractivity contribution in [2.75, 3.05) is 13.7 Å². The number of ether oxygens (including phenoxy) is 2. The van der Waals surface area contributed by atoms with Crippen molar-refractivity contribution >= 4 is 33.4 Å². The van der Waals surface area contributed by atoms with Crippen LogP contribution in [0, 0.1) is 0 Å². The summed E-state index contributed by atoms with van der Waals surface area (Å²) < 4.78 is 13.6. The van der Waals surface area contributed by atoms with E-state index in [4.69, 9.17) is 9.47 Å². The van der Waals surface area contributed by atoms with Gasteiger partial charge in [-0.3, -0.25) is 4.79 Å². The zero-order valence-electron chi connectivity index (χ0n) is 16.0. The number of hydrogen-bond donors (Lipinski definition) is 0. The Kier molecular flexibility index (Phi) is 5.30. The number of nitrogens with zero attached hydrogens (tertiary/aromatic N) is 2. The van der Waals surface area contributed by atoms with Crippen molar-refractivity contribution in [1.29, 1.82) is 0 Å². The van der Waals surface area contributed by atoms with E-state index in [-0.39, 0.29) is 5.56 Å². The number of para-hydroxylation sites is 2. The van der Waals surface area contributed by atoms with E-state index in [2.05, 4.69) is 11.9 Å². The second kappa shape index (κ2) is 8.02. The first kappa shape index (κ1) is 18.5. The van der Waals surface area contributed by atoms with Crippen LogP contribution in [-0.2, 0) is 0 Å². The first-order chi connectivity index (χ1) is 13.7. The molecule has 4 aromatic rings. The number of imidazole rings is 1. The first-order valence-corrected chi connectivity index (χ1v) is 10.3. The Balaban J connectivity index is 1.68. The van der Waals surface area contributed by atoms with Crippen molar-refractivity contribution in [1.82, 2.24) is 9.38 Å². The van der Waals surface area contributed by atoms with Crippen molar-refractivity contribution in [2.45, 2.75) is 26.2 Å². The van der Waals surface area contributed by atoms with E-state index in [0.717, 1.165) is 41.6 Å². The third kappa shape index (κ3) is 3.47. The highest BCUT2D eigenvalue weighted by molar-refractivity contribution is 7.15. The van der Waals surface area contributed by atoms with E-state index in [1.807, 2.05) is 48.5 Å². The van der Waals surface area contributed by atoms with Gasteiger partial charge in [-0.25, -0.2) is 9.38 Å². The number of hydrogen-bond acceptors (Lipinski definition) is 5. The summed E-state index contributed by atoms with van der Waals surface area (Å²) in [6.07, 6.45) is 5.21. The fourth-order valence-electron chi connectivity index (χ4n) is 3.19. The summed E-state index contributed by atoms with van der Waals surface area (Å²) in [5.41, 5.74) is 2.52. The van der Waals surface area contributed by atoms with Crippen LogP contribution in [0.5, 0.6) is 11.5 Å². The lowest BCUT2D eigenvalue weighted by Gasteiger charge is -2.11. The molecule has 0 aliphatic rings. The molecule has 0 spiro atoms. The Hall–Kier alpha value is -2.86. The lowest BCUT2D eigenvalue weighted by atomic mass is 10.2. The van der Waals surface area contributed by atoms with Crippen molar-refractivity contribution in [3.8, 4) is 11.5 Å². The van der Waals surface area contributed by atoms with Crippen LogP contribution in [0.25, 0.3) is 22.1 Å². The van der Waals surface area contributed by atoms with Gasteiger partial charge in [0.25, 0.3) is 5.56 Å². The maximum atomic E-state index is 12.9. The molecule has 2 aromatic carbocycles. The van der Waals surface area contributed by atoms with Crippen molar-refractivity contribution in [3.05, 3.63) is 62.9 Å². The van der Waals surface area contributed by atoms with Crippen LogP contribution < -0.4 is 19.6 Å². The highest BCUT2D eigenvalue weighted by Gasteiger charge is 2.11. The topological polar surface area (TPSA) is 52.8 Å². The highest BCUT2D eigenvalue weighted by Crippen LogP contribution is 2.28. The monoisotopic (exact) mass is 394 g/mol. The number of rotatable bonds is 7. The van der Waals surface area contributed by atoms with Crippen molar-refractivity contribution in [3.63, 3.8) is 0 Å². The predicted molar refractivity (Wildman–Crippen MR) is 114 cm³/mol. The average molecular weight is 394 g/mol. The van der Waals surface area contributed by atoms with Gasteiger partial charge in [0.05, 0.1) is 29.3 Å². The first-order valence-electron chi connectivity index (χ1n) is 9.44. The zero-order valence-corrected chi connectivity index (χ0v) is 16.8. The molecular formula is C22H22N2O3S. The second-order valence-corrected chi connectivity index (χ2v) is 7.61. The number of unbranched alkanes of at least 4 members (excludes halogenated alkanes) is 2. The molecule has 0 N–H and O–H groups in total. The summed E-state index contributed by atoms with van der Waals surface area (Å²) in [5.74, 6) is 1.40. The van der Waals surface area contributed by atoms with E-state index in [1.54, 1.807) is 11.5 Å². The minimum atomic E-state index is -0.0486. The molecule has 2 aromatic heterocycles. The summed E-state index contributed by atoms with van der Waals surface area (Å²) in [6.45, 7) is 2.84. The van der Waals surface area contributed by atoms with Gasteiger partial charge in [0.2, 0.25) is 0 Å². The van der Waals surface area contributed by atoms with Gasteiger partial charge in [0.1, 0.15) is 0 Å². The molecule has 5 nitrogen and oxygen atoms in total. The number of fused-ring (bicyclic) bond motifs is 3. The maximum Gasteiger partial charge on any atom is 0.274 e. The van der Waals surface area contributed by atoms with Gasteiger partial charge >= 0.3 is 0 Å². The minimum Gasteiger partial charge on any atom is -0.493 e. The van der Waals surface area contributed by atoms with E-state index in [1.165, 1.54) is 11.3 Å². The van der Waals surface area contributed by atoms with E-state index in [0.29, 0.717) is 21.8 Å². The molecule has 2 heterocycles. The number of thiazole rings is 1. The molecular weight excluding hydrogens is 372 g/mol. The van der Waals surface area contributed by atoms with Crippen LogP contribution >= 0.6 is 11.3 Å². The van der Waals surface area contributed by atoms with Gasteiger partial charge in [0.15, 0.2) is 16.5 Å². The lowest BCUT2D eigenvalue weighted by molar-refractivity contribution is 0.286. The standard InChI is InChI=1S/C22H22N2O3S/c1-3-4-7-12-27-18-11-10-15(13-19(18)26-2)14-20-21(25)24-17-9-6-5-8-16(17)23-22(24)28-20/h5-6,8-11,13-14H,3-4,7,12H2,1-2H3/b20-14-. The van der Waals surface area contributed by atoms with Crippen molar-refractivity contribution < 1.29 is 9.47 Å². The Labute approximate surface area is 166 Å². The SMILES string of the molecule is CCCCCOc1ccc(/C=c2\sc3nc4ccccc4n3c2=O)cc1OC. The summed E-state index contributed by atoms with van der Waals surface area (Å²) in [4.78, 5) is 18.1. The molecule has 0 aliphatic carbocycles. The third-order valence-corrected chi connectivity index (χ3v) is 5.60. The van der Waals surface area contributed by atoms with Gasteiger partial charge in [0, 0.05) is 0 Å². The number of benzene rings is 2. The van der Waals surface area contributed by atoms with E-state index >= 15 is 0 Å². The van der Waals surface area contributed by atoms with E-state index in [9.17, 15) is 4.79 Å². The van der Waals surface area contributed by atoms with Gasteiger partial charge in [-0.1, -0.05) is 49.3 Å². The van der Waals surface area contributed by atoms with Crippen LogP contribution in [0.4, 0.5) is 0 Å². The molecule has 0 atom stereocenters. The third-order valence-electron chi connectivity index (χ3n) is 4.64. The molecule has 0 unspecified atom stereocenters. The Morgan fingerprint density at radius 3 is 2.82 bits per heavy atom. The van der Waals surface area contributed by atoms with Crippen LogP contribution in [0.3, 0.4) is 0 Å². The summed E-state index contributed by atoms with van der Waals surface area (Å²) in [5, 5.41) is 0. The molecule has 0 saturated carbocycles. The molecule has 4 rings (SSSR count). The lowest BCUT2D eigenvalue weighted by Crippen LogP contribution is -2.22. The molecule has 0 aliphatic heterocycles. The smallest absolute Gasteiger partial charge is 0.274 e. The molecule has 0 amide bonds. The fourth-order valence-corrected chi connectivity index (χ4v) is 4.18. The molecule has 6 heteroatoms. The Morgan fingerprint density at radius 2 is 2.00 bits per heavy atom. The summed E-state index contributed by atoms with van der Waals surface area (Å²) in [6, 6.07) is 13.4. The largest absolute Gasteiger partial charge is 0.493 e. The predicted octanol–water partition coefficient (Wildman–Crippen LogP) is 4.03. The fraction of sp³-hybridized carbons (Fsp3) is 0.273. The normalized spacial score (nSPS) is 12.1. The van der Waals surface area contributed by atoms with Gasteiger partial charge in [-0.2, -0.15) is 0 Å². The molecule has 0 saturated heterocycles. The van der Waals surface area contributed by atoms with E-state index < -0.39 is 0 Å². The maximum absolute atomic E-state index is 12.9. The Morgan fingerprint density at radius 1 is 1.14 bits per heavy atom. The molecule has 28 heavy (non-hydrogen) atoms. The average Bonchev–Trinajstić information content (AvgIpc) is 3.22. The molecule has 144 valence electrons. The molecule has 0 fully saturated rings. The highest BCUT2D eigenvalue weighted by atomic mass is 32.1. The summed E-state index contributed by atoms with van der Waals surface area (Å²) in [7, 11) is 1.63. The van der Waals surface area contributed by atoms with Gasteiger partial charge < -0.3 is 9.47 Å². The van der Waals surface area contributed by atoms with Gasteiger partial charge in [-0.05, 0) is 42.3 Å². The number of methoxy groups -OCH3 is 1. The van der Waals surface area contributed by atoms with Crippen LogP contribution in [0.15, 0.2) is 47.3 Å². The Bertz CT molecular complexity index is 1230. The van der Waals surface area contributed by atoms with Crippen LogP contribution in [-0.4, -0.2) is 23.1 Å². The minimum absolute atomic E-state index is 0.0486. The summed E-state index contributed by atoms with van der Waals surface area (Å²) >= 11 is 1.39. The quantitative estimate of drug-likeness (QED) is 0.444. The zero-order chi connectivity index (χ0) is 19.5. The molecule has 0 bridgehead atoms. The van der Waals surface area contributed by atoms with Crippen molar-refractivity contribution in [2.24, 2.45) is 0 Å². The van der Waals surface area contributed by atoms with Crippen LogP contribution in [0.2, 0.25) is 0 Å². The second-order valence-electron chi connectivity index (χ2n) is 6.60. The van der Waals surface area contributed by atoms with Gasteiger partial charge in [-0.15, -0.1) is 0 Å². The molecule has 0 radical (unpaired) electrons. The van der Waals surface area contributed by atoms with Crippen LogP contribution in [0.1, 0.15) is 31.7 Å².